The average Bonchev–Trinajstić information content (AvgIpc) is 3.04. The number of rotatable bonds is 6. The molecule has 0 saturated carbocycles. The largest absolute Gasteiger partial charge is 0.347 e. The standard InChI is InChI=1S/C19H26N4O/c1-3-6-17-11-18(22-21-17)19(24)20-14(2)12-23-10-9-15-7-4-5-8-16(15)13-23/h4-5,7-8,11,14H,3,6,9-10,12-13H2,1-2H3,(H,20,24)(H,21,22)/t14-/m1/s1. The van der Waals surface area contributed by atoms with E-state index in [-0.39, 0.29) is 11.9 Å². The monoisotopic (exact) mass is 326 g/mol. The van der Waals surface area contributed by atoms with Crippen molar-refractivity contribution in [1.29, 1.82) is 0 Å². The number of nitrogens with zero attached hydrogens (tertiary/aromatic N) is 2. The third-order valence-corrected chi connectivity index (χ3v) is 4.50. The molecule has 2 heterocycles. The number of aromatic nitrogens is 2. The SMILES string of the molecule is CCCc1cc(C(=O)N[C@H](C)CN2CCc3ccccc3C2)n[nH]1. The van der Waals surface area contributed by atoms with Crippen molar-refractivity contribution in [3.8, 4) is 0 Å². The highest BCUT2D eigenvalue weighted by Gasteiger charge is 2.19. The molecule has 0 saturated heterocycles. The van der Waals surface area contributed by atoms with Gasteiger partial charge in [0, 0.05) is 31.4 Å². The number of fused-ring (bicyclic) bond motifs is 1. The Hall–Kier alpha value is -2.14. The molecule has 0 radical (unpaired) electrons. The first-order valence-electron chi connectivity index (χ1n) is 8.80. The minimum atomic E-state index is -0.0986. The summed E-state index contributed by atoms with van der Waals surface area (Å²) >= 11 is 0. The second-order valence-electron chi connectivity index (χ2n) is 6.66. The summed E-state index contributed by atoms with van der Waals surface area (Å²) in [5, 5.41) is 10.1. The number of amides is 1. The molecule has 2 aromatic rings. The number of aromatic amines is 1. The van der Waals surface area contributed by atoms with Crippen LogP contribution in [0.5, 0.6) is 0 Å². The van der Waals surface area contributed by atoms with Crippen molar-refractivity contribution in [3.63, 3.8) is 0 Å². The number of nitrogens with one attached hydrogen (secondary N) is 2. The van der Waals surface area contributed by atoms with Crippen LogP contribution < -0.4 is 5.32 Å². The maximum absolute atomic E-state index is 12.3. The molecular weight excluding hydrogens is 300 g/mol. The topological polar surface area (TPSA) is 61.0 Å². The minimum absolute atomic E-state index is 0.0917. The molecule has 5 heteroatoms. The van der Waals surface area contributed by atoms with E-state index in [9.17, 15) is 4.79 Å². The molecule has 3 rings (SSSR count). The van der Waals surface area contributed by atoms with Crippen molar-refractivity contribution in [3.05, 3.63) is 52.8 Å². The van der Waals surface area contributed by atoms with E-state index in [1.807, 2.05) is 6.07 Å². The van der Waals surface area contributed by atoms with E-state index in [2.05, 4.69) is 58.5 Å². The molecule has 1 aromatic carbocycles. The smallest absolute Gasteiger partial charge is 0.272 e. The number of hydrogen-bond acceptors (Lipinski definition) is 3. The van der Waals surface area contributed by atoms with Crippen LogP contribution in [-0.4, -0.2) is 40.1 Å². The van der Waals surface area contributed by atoms with Crippen molar-refractivity contribution < 1.29 is 4.79 Å². The zero-order valence-electron chi connectivity index (χ0n) is 14.5. The van der Waals surface area contributed by atoms with Crippen LogP contribution in [0.3, 0.4) is 0 Å². The normalized spacial score (nSPS) is 15.8. The zero-order valence-corrected chi connectivity index (χ0v) is 14.5. The fourth-order valence-corrected chi connectivity index (χ4v) is 3.32. The van der Waals surface area contributed by atoms with Gasteiger partial charge in [-0.2, -0.15) is 5.10 Å². The van der Waals surface area contributed by atoms with Crippen molar-refractivity contribution in [1.82, 2.24) is 20.4 Å². The van der Waals surface area contributed by atoms with E-state index < -0.39 is 0 Å². The molecule has 2 N–H and O–H groups in total. The van der Waals surface area contributed by atoms with E-state index in [0.29, 0.717) is 5.69 Å². The molecule has 128 valence electrons. The lowest BCUT2D eigenvalue weighted by Gasteiger charge is -2.31. The van der Waals surface area contributed by atoms with Crippen LogP contribution in [0.1, 0.15) is 47.6 Å². The first kappa shape index (κ1) is 16.7. The van der Waals surface area contributed by atoms with Crippen LogP contribution in [0.4, 0.5) is 0 Å². The number of carbonyl (C=O) groups excluding carboxylic acids is 1. The molecule has 0 bridgehead atoms. The van der Waals surface area contributed by atoms with Crippen LogP contribution in [0.15, 0.2) is 30.3 Å². The summed E-state index contributed by atoms with van der Waals surface area (Å²) in [5.74, 6) is -0.0986. The molecule has 0 unspecified atom stereocenters. The van der Waals surface area contributed by atoms with Gasteiger partial charge in [-0.25, -0.2) is 0 Å². The Morgan fingerprint density at radius 3 is 2.96 bits per heavy atom. The first-order valence-corrected chi connectivity index (χ1v) is 8.80. The van der Waals surface area contributed by atoms with Crippen molar-refractivity contribution >= 4 is 5.91 Å². The average molecular weight is 326 g/mol. The van der Waals surface area contributed by atoms with Gasteiger partial charge in [0.25, 0.3) is 5.91 Å². The highest BCUT2D eigenvalue weighted by atomic mass is 16.2. The van der Waals surface area contributed by atoms with Gasteiger partial charge in [0.15, 0.2) is 0 Å². The van der Waals surface area contributed by atoms with E-state index in [4.69, 9.17) is 0 Å². The predicted octanol–water partition coefficient (Wildman–Crippen LogP) is 2.54. The summed E-state index contributed by atoms with van der Waals surface area (Å²) in [6, 6.07) is 10.6. The third kappa shape index (κ3) is 4.03. The summed E-state index contributed by atoms with van der Waals surface area (Å²) in [6.45, 7) is 7.02. The molecule has 0 spiro atoms. The molecule has 5 nitrogen and oxygen atoms in total. The van der Waals surface area contributed by atoms with Crippen molar-refractivity contribution in [2.75, 3.05) is 13.1 Å². The molecule has 1 aliphatic rings. The summed E-state index contributed by atoms with van der Waals surface area (Å²) in [6.07, 6.45) is 3.04. The fraction of sp³-hybridized carbons (Fsp3) is 0.474. The Morgan fingerprint density at radius 1 is 1.38 bits per heavy atom. The highest BCUT2D eigenvalue weighted by molar-refractivity contribution is 5.92. The molecule has 1 amide bonds. The molecule has 1 atom stereocenters. The Kier molecular flexibility index (Phi) is 5.30. The molecular formula is C19H26N4O. The fourth-order valence-electron chi connectivity index (χ4n) is 3.32. The Morgan fingerprint density at radius 2 is 2.17 bits per heavy atom. The van der Waals surface area contributed by atoms with E-state index >= 15 is 0 Å². The molecule has 0 aliphatic carbocycles. The van der Waals surface area contributed by atoms with Crippen molar-refractivity contribution in [2.45, 2.75) is 45.7 Å². The van der Waals surface area contributed by atoms with Crippen molar-refractivity contribution in [2.24, 2.45) is 0 Å². The Bertz CT molecular complexity index is 694. The Balaban J connectivity index is 1.52. The van der Waals surface area contributed by atoms with Crippen LogP contribution in [0, 0.1) is 0 Å². The summed E-state index contributed by atoms with van der Waals surface area (Å²) < 4.78 is 0. The summed E-state index contributed by atoms with van der Waals surface area (Å²) in [4.78, 5) is 14.7. The number of H-pyrrole nitrogens is 1. The van der Waals surface area contributed by atoms with Gasteiger partial charge in [-0.3, -0.25) is 14.8 Å². The van der Waals surface area contributed by atoms with Crippen LogP contribution in [0.2, 0.25) is 0 Å². The molecule has 1 aliphatic heterocycles. The second-order valence-corrected chi connectivity index (χ2v) is 6.66. The van der Waals surface area contributed by atoms with Gasteiger partial charge >= 0.3 is 0 Å². The first-order chi connectivity index (χ1) is 11.7. The van der Waals surface area contributed by atoms with E-state index in [1.54, 1.807) is 0 Å². The van der Waals surface area contributed by atoms with E-state index in [1.165, 1.54) is 11.1 Å². The van der Waals surface area contributed by atoms with Gasteiger partial charge < -0.3 is 5.32 Å². The molecule has 24 heavy (non-hydrogen) atoms. The minimum Gasteiger partial charge on any atom is -0.347 e. The van der Waals surface area contributed by atoms with Gasteiger partial charge in [-0.05, 0) is 37.0 Å². The molecule has 0 fully saturated rings. The van der Waals surface area contributed by atoms with E-state index in [0.717, 1.165) is 44.6 Å². The van der Waals surface area contributed by atoms with Gasteiger partial charge in [0.2, 0.25) is 0 Å². The van der Waals surface area contributed by atoms with Crippen LogP contribution in [0.25, 0.3) is 0 Å². The predicted molar refractivity (Wildman–Crippen MR) is 94.9 cm³/mol. The highest BCUT2D eigenvalue weighted by Crippen LogP contribution is 2.18. The summed E-state index contributed by atoms with van der Waals surface area (Å²) in [5.41, 5.74) is 4.35. The number of hydrogen-bond donors (Lipinski definition) is 2. The maximum Gasteiger partial charge on any atom is 0.272 e. The summed E-state index contributed by atoms with van der Waals surface area (Å²) in [7, 11) is 0. The van der Waals surface area contributed by atoms with Gasteiger partial charge in [-0.15, -0.1) is 0 Å². The number of carbonyl (C=O) groups is 1. The van der Waals surface area contributed by atoms with Gasteiger partial charge in [-0.1, -0.05) is 37.6 Å². The molecule has 1 aromatic heterocycles. The lowest BCUT2D eigenvalue weighted by molar-refractivity contribution is 0.0922. The Labute approximate surface area is 143 Å². The number of benzene rings is 1. The number of aryl methyl sites for hydroxylation is 1. The van der Waals surface area contributed by atoms with Gasteiger partial charge in [0.1, 0.15) is 5.69 Å². The second kappa shape index (κ2) is 7.62. The van der Waals surface area contributed by atoms with Gasteiger partial charge in [0.05, 0.1) is 0 Å². The quantitative estimate of drug-likeness (QED) is 0.857. The zero-order chi connectivity index (χ0) is 16.9. The maximum atomic E-state index is 12.3. The lowest BCUT2D eigenvalue weighted by Crippen LogP contribution is -2.43. The third-order valence-electron chi connectivity index (χ3n) is 4.50. The van der Waals surface area contributed by atoms with Crippen LogP contribution in [-0.2, 0) is 19.4 Å². The van der Waals surface area contributed by atoms with Crippen LogP contribution >= 0.6 is 0 Å². The lowest BCUT2D eigenvalue weighted by atomic mass is 10.00.